The summed E-state index contributed by atoms with van der Waals surface area (Å²) in [5, 5.41) is 31.3. The van der Waals surface area contributed by atoms with Gasteiger partial charge >= 0.3 is 11.9 Å². The van der Waals surface area contributed by atoms with Gasteiger partial charge in [0, 0.05) is 36.0 Å². The predicted molar refractivity (Wildman–Crippen MR) is 186 cm³/mol. The summed E-state index contributed by atoms with van der Waals surface area (Å²) in [7, 11) is -0.425. The quantitative estimate of drug-likeness (QED) is 0.0697. The van der Waals surface area contributed by atoms with Crippen LogP contribution in [0.3, 0.4) is 0 Å². The average molecular weight is 675 g/mol. The lowest BCUT2D eigenvalue weighted by Crippen LogP contribution is -2.44. The van der Waals surface area contributed by atoms with Gasteiger partial charge in [0.2, 0.25) is 11.8 Å². The van der Waals surface area contributed by atoms with Gasteiger partial charge in [0.15, 0.2) is 16.6 Å². The molecule has 13 heteroatoms. The van der Waals surface area contributed by atoms with Crippen molar-refractivity contribution < 1.29 is 33.5 Å². The van der Waals surface area contributed by atoms with Gasteiger partial charge in [-0.15, -0.1) is 0 Å². The average Bonchev–Trinajstić information content (AvgIpc) is 2.92. The molecule has 2 amide bonds. The Hall–Kier alpha value is -1.81. The summed E-state index contributed by atoms with van der Waals surface area (Å²) in [5.41, 5.74) is 0. The van der Waals surface area contributed by atoms with Gasteiger partial charge in [0.25, 0.3) is 0 Å². The lowest BCUT2D eigenvalue weighted by molar-refractivity contribution is -0.141. The van der Waals surface area contributed by atoms with Gasteiger partial charge in [-0.2, -0.15) is 0 Å². The van der Waals surface area contributed by atoms with Gasteiger partial charge in [-0.1, -0.05) is 19.8 Å². The molecule has 45 heavy (non-hydrogen) atoms. The number of amides is 2. The molecule has 0 aliphatic rings. The Balaban J connectivity index is 5.00. The molecule has 0 aromatic carbocycles. The number of rotatable bonds is 26. The first kappa shape index (κ1) is 43.2. The molecule has 0 saturated carbocycles. The second kappa shape index (κ2) is 21.9. The molecule has 0 radical (unpaired) electrons. The molecule has 0 aromatic rings. The monoisotopic (exact) mass is 674 g/mol. The van der Waals surface area contributed by atoms with E-state index in [9.17, 15) is 29.4 Å². The highest BCUT2D eigenvalue weighted by Crippen LogP contribution is 2.27. The van der Waals surface area contributed by atoms with Gasteiger partial charge in [-0.3, -0.25) is 19.2 Å². The summed E-state index contributed by atoms with van der Waals surface area (Å²) in [4.78, 5) is 49.0. The van der Waals surface area contributed by atoms with Crippen LogP contribution in [-0.2, 0) is 23.3 Å². The zero-order valence-electron chi connectivity index (χ0n) is 29.9. The van der Waals surface area contributed by atoms with E-state index in [1.165, 1.54) is 0 Å². The Bertz CT molecular complexity index is 903. The highest BCUT2D eigenvalue weighted by molar-refractivity contribution is 6.84. The molecule has 0 fully saturated rings. The van der Waals surface area contributed by atoms with Gasteiger partial charge in [0.1, 0.15) is 0 Å². The number of hydrogen-bond acceptors (Lipinski definition) is 7. The number of carbonyl (C=O) groups excluding carboxylic acids is 2. The normalized spacial score (nSPS) is 16.2. The van der Waals surface area contributed by atoms with Crippen LogP contribution in [0, 0.1) is 11.8 Å². The first-order valence-electron chi connectivity index (χ1n) is 16.9. The Labute approximate surface area is 275 Å². The summed E-state index contributed by atoms with van der Waals surface area (Å²) < 4.78 is 6.77. The standard InChI is InChI=1S/C32H66N4O7Si2/c1-11-28(34-6)20-25(4)36-32(42)27(22-30(39)40)15-13-19-45(9,10)43-44(7,8)18-12-14-26(21-29(37)38)31(41)35-24(3)17-16-23(2)33-5/h23-28,33-34H,11-22H2,1-10H3,(H,35,41)(H,36,42)(H,37,38)(H,39,40). The SMILES string of the molecule is CCC(CC(C)NC(=O)C(CCC[Si](C)(C)O[Si](C)(C)CCCC(CC(=O)O)C(=O)NC(C)CCC(C)NC)CC(=O)O)NC. The molecule has 11 nitrogen and oxygen atoms in total. The van der Waals surface area contributed by atoms with Crippen molar-refractivity contribution in [2.75, 3.05) is 14.1 Å². The second-order valence-corrected chi connectivity index (χ2v) is 23.1. The van der Waals surface area contributed by atoms with Crippen LogP contribution in [0.15, 0.2) is 0 Å². The Morgan fingerprint density at radius 3 is 1.47 bits per heavy atom. The number of hydrogen-bond donors (Lipinski definition) is 6. The van der Waals surface area contributed by atoms with E-state index in [1.807, 2.05) is 27.9 Å². The Kier molecular flexibility index (Phi) is 21.0. The molecule has 0 spiro atoms. The van der Waals surface area contributed by atoms with Crippen LogP contribution in [0.1, 0.15) is 91.9 Å². The summed E-state index contributed by atoms with van der Waals surface area (Å²) in [5.74, 6) is -3.50. The van der Waals surface area contributed by atoms with Crippen molar-refractivity contribution in [2.24, 2.45) is 11.8 Å². The minimum absolute atomic E-state index is 0.0260. The molecule has 6 N–H and O–H groups in total. The molecular weight excluding hydrogens is 609 g/mol. The van der Waals surface area contributed by atoms with Crippen LogP contribution in [0.4, 0.5) is 0 Å². The van der Waals surface area contributed by atoms with Crippen molar-refractivity contribution in [3.05, 3.63) is 0 Å². The van der Waals surface area contributed by atoms with Crippen LogP contribution < -0.4 is 21.3 Å². The van der Waals surface area contributed by atoms with Crippen LogP contribution >= 0.6 is 0 Å². The van der Waals surface area contributed by atoms with E-state index in [4.69, 9.17) is 4.12 Å². The number of nitrogens with one attached hydrogen (secondary N) is 4. The van der Waals surface area contributed by atoms with E-state index in [2.05, 4.69) is 61.3 Å². The van der Waals surface area contributed by atoms with Crippen molar-refractivity contribution in [1.29, 1.82) is 0 Å². The lowest BCUT2D eigenvalue weighted by atomic mass is 9.97. The van der Waals surface area contributed by atoms with E-state index < -0.39 is 40.4 Å². The van der Waals surface area contributed by atoms with Crippen LogP contribution in [0.25, 0.3) is 0 Å². The van der Waals surface area contributed by atoms with Gasteiger partial charge in [0.05, 0.1) is 12.8 Å². The maximum Gasteiger partial charge on any atom is 0.304 e. The minimum Gasteiger partial charge on any atom is -0.481 e. The molecule has 6 atom stereocenters. The van der Waals surface area contributed by atoms with E-state index in [0.717, 1.165) is 37.8 Å². The molecule has 0 aromatic heterocycles. The van der Waals surface area contributed by atoms with E-state index in [0.29, 0.717) is 37.8 Å². The van der Waals surface area contributed by atoms with Gasteiger partial charge < -0.3 is 35.6 Å². The second-order valence-electron chi connectivity index (χ2n) is 14.2. The van der Waals surface area contributed by atoms with Crippen molar-refractivity contribution in [1.82, 2.24) is 21.3 Å². The summed E-state index contributed by atoms with van der Waals surface area (Å²) in [6, 6.07) is 2.19. The number of carbonyl (C=O) groups is 4. The van der Waals surface area contributed by atoms with Crippen molar-refractivity contribution in [2.45, 2.75) is 154 Å². The van der Waals surface area contributed by atoms with Gasteiger partial charge in [-0.25, -0.2) is 0 Å². The Morgan fingerprint density at radius 1 is 0.667 bits per heavy atom. The molecule has 0 saturated heterocycles. The molecule has 0 aliphatic carbocycles. The third kappa shape index (κ3) is 20.8. The zero-order chi connectivity index (χ0) is 34.8. The van der Waals surface area contributed by atoms with Crippen molar-refractivity contribution >= 4 is 40.4 Å². The maximum atomic E-state index is 13.0. The van der Waals surface area contributed by atoms with E-state index in [-0.39, 0.29) is 36.7 Å². The van der Waals surface area contributed by atoms with Crippen molar-refractivity contribution in [3.63, 3.8) is 0 Å². The van der Waals surface area contributed by atoms with Crippen molar-refractivity contribution in [3.8, 4) is 0 Å². The van der Waals surface area contributed by atoms with E-state index >= 15 is 0 Å². The molecule has 0 aliphatic heterocycles. The highest BCUT2D eigenvalue weighted by atomic mass is 28.4. The number of carboxylic acids is 2. The lowest BCUT2D eigenvalue weighted by Gasteiger charge is -2.34. The number of carboxylic acid groups (broad SMARTS) is 2. The summed E-state index contributed by atoms with van der Waals surface area (Å²) in [6.07, 6.45) is 5.50. The molecule has 264 valence electrons. The molecule has 0 bridgehead atoms. The highest BCUT2D eigenvalue weighted by Gasteiger charge is 2.34. The fraction of sp³-hybridized carbons (Fsp3) is 0.875. The maximum absolute atomic E-state index is 13.0. The predicted octanol–water partition coefficient (Wildman–Crippen LogP) is 4.94. The molecule has 6 unspecified atom stereocenters. The first-order chi connectivity index (χ1) is 20.8. The van der Waals surface area contributed by atoms with Crippen LogP contribution in [0.5, 0.6) is 0 Å². The van der Waals surface area contributed by atoms with Crippen LogP contribution in [-0.4, -0.2) is 88.9 Å². The number of aliphatic carboxylic acids is 2. The molecular formula is C32H66N4O7Si2. The summed E-state index contributed by atoms with van der Waals surface area (Å²) >= 11 is 0. The fourth-order valence-corrected chi connectivity index (χ4v) is 14.8. The first-order valence-corrected chi connectivity index (χ1v) is 23.2. The summed E-state index contributed by atoms with van der Waals surface area (Å²) in [6.45, 7) is 16.7. The molecule has 0 heterocycles. The topological polar surface area (TPSA) is 166 Å². The molecule has 0 rings (SSSR count). The third-order valence-corrected chi connectivity index (χ3v) is 16.2. The third-order valence-electron chi connectivity index (χ3n) is 8.64. The smallest absolute Gasteiger partial charge is 0.304 e. The zero-order valence-corrected chi connectivity index (χ0v) is 31.9. The van der Waals surface area contributed by atoms with Gasteiger partial charge in [-0.05, 0) is 112 Å². The Morgan fingerprint density at radius 2 is 1.09 bits per heavy atom. The van der Waals surface area contributed by atoms with Crippen LogP contribution in [0.2, 0.25) is 38.3 Å². The minimum atomic E-state index is -2.12. The largest absolute Gasteiger partial charge is 0.481 e. The van der Waals surface area contributed by atoms with E-state index in [1.54, 1.807) is 0 Å². The fourth-order valence-electron chi connectivity index (χ4n) is 5.88.